The molecule has 0 spiro atoms. The van der Waals surface area contributed by atoms with Gasteiger partial charge in [0.25, 0.3) is 0 Å². The van der Waals surface area contributed by atoms with Crippen LogP contribution in [0.3, 0.4) is 0 Å². The van der Waals surface area contributed by atoms with Crippen molar-refractivity contribution in [2.75, 3.05) is 5.84 Å². The maximum absolute atomic E-state index is 12.2. The lowest BCUT2D eigenvalue weighted by molar-refractivity contribution is -0.120. The molecule has 0 aliphatic heterocycles. The molecule has 2 rings (SSSR count). The van der Waals surface area contributed by atoms with Crippen LogP contribution in [0.2, 0.25) is 0 Å². The van der Waals surface area contributed by atoms with Crippen LogP contribution in [-0.4, -0.2) is 32.1 Å². The molecule has 146 valence electrons. The monoisotopic (exact) mass is 390 g/mol. The highest BCUT2D eigenvalue weighted by Gasteiger charge is 2.27. The normalized spacial score (nSPS) is 12.8. The van der Waals surface area contributed by atoms with Crippen molar-refractivity contribution >= 4 is 23.7 Å². The zero-order valence-electron chi connectivity index (χ0n) is 16.2. The number of carbonyl (C=O) groups is 2. The van der Waals surface area contributed by atoms with E-state index in [1.165, 1.54) is 10.2 Å². The molecular weight excluding hydrogens is 364 g/mol. The number of hydrogen-bond donors (Lipinski definition) is 3. The van der Waals surface area contributed by atoms with Crippen molar-refractivity contribution in [1.82, 2.24) is 20.2 Å². The van der Waals surface area contributed by atoms with Gasteiger partial charge < -0.3 is 11.6 Å². The Morgan fingerprint density at radius 1 is 1.15 bits per heavy atom. The molecule has 1 heterocycles. The summed E-state index contributed by atoms with van der Waals surface area (Å²) in [6.07, 6.45) is 0. The lowest BCUT2D eigenvalue weighted by Crippen LogP contribution is -2.42. The zero-order chi connectivity index (χ0) is 20.4. The molecule has 3 amide bonds. The number of thioether (sulfide) groups is 1. The van der Waals surface area contributed by atoms with Crippen LogP contribution in [-0.2, 0) is 10.2 Å². The van der Waals surface area contributed by atoms with Crippen molar-refractivity contribution in [1.29, 1.82) is 0 Å². The van der Waals surface area contributed by atoms with Crippen LogP contribution in [0.1, 0.15) is 40.2 Å². The van der Waals surface area contributed by atoms with Crippen LogP contribution in [0.25, 0.3) is 11.4 Å². The molecule has 0 aliphatic carbocycles. The number of nitrogens with one attached hydrogen (secondary N) is 1. The first-order chi connectivity index (χ1) is 12.5. The summed E-state index contributed by atoms with van der Waals surface area (Å²) < 4.78 is 1.35. The van der Waals surface area contributed by atoms with Crippen LogP contribution < -0.4 is 16.9 Å². The Morgan fingerprint density at radius 3 is 2.22 bits per heavy atom. The van der Waals surface area contributed by atoms with Crippen LogP contribution in [0, 0.1) is 5.92 Å². The zero-order valence-corrected chi connectivity index (χ0v) is 17.0. The number of nitrogens with two attached hydrogens (primary N) is 2. The Labute approximate surface area is 163 Å². The predicted molar refractivity (Wildman–Crippen MR) is 107 cm³/mol. The minimum Gasteiger partial charge on any atom is -0.351 e. The van der Waals surface area contributed by atoms with Gasteiger partial charge in [0, 0.05) is 5.56 Å². The number of primary amides is 1. The molecule has 0 bridgehead atoms. The van der Waals surface area contributed by atoms with E-state index in [1.807, 2.05) is 38.1 Å². The van der Waals surface area contributed by atoms with Gasteiger partial charge in [0.05, 0.1) is 5.25 Å². The summed E-state index contributed by atoms with van der Waals surface area (Å²) in [5.41, 5.74) is 7.12. The van der Waals surface area contributed by atoms with Gasteiger partial charge in [0.2, 0.25) is 11.1 Å². The highest BCUT2D eigenvalue weighted by molar-refractivity contribution is 8.00. The second-order valence-corrected chi connectivity index (χ2v) is 8.75. The third-order valence-corrected chi connectivity index (χ3v) is 5.52. The molecule has 0 unspecified atom stereocenters. The SMILES string of the molecule is CC(C)[C@@H](Sc1nnc(-c2ccc(C(C)(C)C)cc2)n1N)C(=O)NC(N)=O. The molecule has 0 saturated carbocycles. The first-order valence-corrected chi connectivity index (χ1v) is 9.47. The quantitative estimate of drug-likeness (QED) is 0.530. The van der Waals surface area contributed by atoms with Gasteiger partial charge >= 0.3 is 6.03 Å². The molecule has 27 heavy (non-hydrogen) atoms. The maximum Gasteiger partial charge on any atom is 0.318 e. The second-order valence-electron chi connectivity index (χ2n) is 7.64. The van der Waals surface area contributed by atoms with Gasteiger partial charge in [-0.3, -0.25) is 10.1 Å². The van der Waals surface area contributed by atoms with Gasteiger partial charge in [-0.05, 0) is 16.9 Å². The summed E-state index contributed by atoms with van der Waals surface area (Å²) in [7, 11) is 0. The van der Waals surface area contributed by atoms with Crippen LogP contribution >= 0.6 is 11.8 Å². The smallest absolute Gasteiger partial charge is 0.318 e. The fourth-order valence-electron chi connectivity index (χ4n) is 2.47. The van der Waals surface area contributed by atoms with Crippen molar-refractivity contribution in [3.8, 4) is 11.4 Å². The Kier molecular flexibility index (Phi) is 6.15. The second kappa shape index (κ2) is 7.99. The van der Waals surface area contributed by atoms with E-state index in [0.29, 0.717) is 11.0 Å². The van der Waals surface area contributed by atoms with E-state index in [0.717, 1.165) is 17.3 Å². The number of nitrogens with zero attached hydrogens (tertiary/aromatic N) is 3. The van der Waals surface area contributed by atoms with Crippen molar-refractivity contribution in [3.05, 3.63) is 29.8 Å². The first-order valence-electron chi connectivity index (χ1n) is 8.59. The number of hydrogen-bond acceptors (Lipinski definition) is 6. The summed E-state index contributed by atoms with van der Waals surface area (Å²) in [5, 5.41) is 10.2. The molecule has 1 aromatic carbocycles. The number of aromatic nitrogens is 3. The number of imide groups is 1. The number of urea groups is 1. The van der Waals surface area contributed by atoms with Gasteiger partial charge in [0.15, 0.2) is 5.82 Å². The van der Waals surface area contributed by atoms with E-state index in [2.05, 4.69) is 36.3 Å². The summed E-state index contributed by atoms with van der Waals surface area (Å²) in [4.78, 5) is 23.2. The Bertz CT molecular complexity index is 823. The Balaban J connectivity index is 2.25. The van der Waals surface area contributed by atoms with Gasteiger partial charge in [-0.15, -0.1) is 10.2 Å². The van der Waals surface area contributed by atoms with Gasteiger partial charge in [-0.25, -0.2) is 9.47 Å². The topological polar surface area (TPSA) is 129 Å². The summed E-state index contributed by atoms with van der Waals surface area (Å²) in [6, 6.07) is 7.08. The van der Waals surface area contributed by atoms with E-state index in [9.17, 15) is 9.59 Å². The molecule has 0 saturated heterocycles. The van der Waals surface area contributed by atoms with E-state index in [1.54, 1.807) is 0 Å². The average molecular weight is 391 g/mol. The first kappa shape index (κ1) is 20.8. The van der Waals surface area contributed by atoms with Crippen molar-refractivity contribution < 1.29 is 9.59 Å². The van der Waals surface area contributed by atoms with E-state index >= 15 is 0 Å². The lowest BCUT2D eigenvalue weighted by atomic mass is 9.87. The average Bonchev–Trinajstić information content (AvgIpc) is 2.91. The predicted octanol–water partition coefficient (Wildman–Crippen LogP) is 2.27. The van der Waals surface area contributed by atoms with Crippen molar-refractivity contribution in [2.45, 2.75) is 50.4 Å². The standard InChI is InChI=1S/C18H26N6O2S/c1-10(2)13(15(25)21-16(19)26)27-17-23-22-14(24(17)20)11-6-8-12(9-7-11)18(3,4)5/h6-10,13H,20H2,1-5H3,(H3,19,21,25,26)/t13-/m1/s1. The lowest BCUT2D eigenvalue weighted by Gasteiger charge is -2.19. The Hall–Kier alpha value is -2.55. The molecule has 1 aromatic heterocycles. The number of amides is 3. The summed E-state index contributed by atoms with van der Waals surface area (Å²) in [6.45, 7) is 10.2. The fourth-order valence-corrected chi connectivity index (χ4v) is 3.43. The number of benzene rings is 1. The molecule has 5 N–H and O–H groups in total. The third-order valence-electron chi connectivity index (χ3n) is 4.02. The van der Waals surface area contributed by atoms with Crippen LogP contribution in [0.15, 0.2) is 29.4 Å². The van der Waals surface area contributed by atoms with Gasteiger partial charge in [-0.2, -0.15) is 0 Å². The number of carbonyl (C=O) groups excluding carboxylic acids is 2. The Morgan fingerprint density at radius 2 is 1.74 bits per heavy atom. The van der Waals surface area contributed by atoms with Crippen LogP contribution in [0.4, 0.5) is 4.79 Å². The van der Waals surface area contributed by atoms with Gasteiger partial charge in [0.1, 0.15) is 0 Å². The summed E-state index contributed by atoms with van der Waals surface area (Å²) in [5.74, 6) is 6.10. The van der Waals surface area contributed by atoms with E-state index in [4.69, 9.17) is 11.6 Å². The van der Waals surface area contributed by atoms with Crippen LogP contribution in [0.5, 0.6) is 0 Å². The van der Waals surface area contributed by atoms with E-state index in [-0.39, 0.29) is 11.3 Å². The largest absolute Gasteiger partial charge is 0.351 e. The number of nitrogen functional groups attached to an aromatic ring is 1. The van der Waals surface area contributed by atoms with E-state index < -0.39 is 17.2 Å². The van der Waals surface area contributed by atoms with Crippen molar-refractivity contribution in [3.63, 3.8) is 0 Å². The van der Waals surface area contributed by atoms with Crippen molar-refractivity contribution in [2.24, 2.45) is 11.7 Å². The molecule has 8 nitrogen and oxygen atoms in total. The molecule has 0 fully saturated rings. The minimum atomic E-state index is -0.889. The molecule has 9 heteroatoms. The summed E-state index contributed by atoms with van der Waals surface area (Å²) >= 11 is 1.14. The molecular formula is C18H26N6O2S. The fraction of sp³-hybridized carbons (Fsp3) is 0.444. The molecule has 2 aromatic rings. The maximum atomic E-state index is 12.2. The molecule has 0 radical (unpaired) electrons. The minimum absolute atomic E-state index is 0.0498. The number of rotatable bonds is 5. The third kappa shape index (κ3) is 5.00. The molecule has 0 aliphatic rings. The molecule has 1 atom stereocenters. The van der Waals surface area contributed by atoms with Gasteiger partial charge in [-0.1, -0.05) is 70.6 Å². The highest BCUT2D eigenvalue weighted by atomic mass is 32.2. The highest BCUT2D eigenvalue weighted by Crippen LogP contribution is 2.30.